The minimum absolute atomic E-state index is 0.213. The number of aliphatic hydroxyl groups excluding tert-OH is 1. The molecule has 1 aliphatic heterocycles. The molecule has 2 atom stereocenters. The van der Waals surface area contributed by atoms with Gasteiger partial charge < -0.3 is 15.3 Å². The molecule has 3 aromatic rings. The number of ketones is 1. The van der Waals surface area contributed by atoms with Crippen LogP contribution in [0.4, 0.5) is 11.4 Å². The molecule has 39 heavy (non-hydrogen) atoms. The average Bonchev–Trinajstić information content (AvgIpc) is 3.08. The van der Waals surface area contributed by atoms with Gasteiger partial charge in [-0.15, -0.1) is 0 Å². The highest BCUT2D eigenvalue weighted by molar-refractivity contribution is 6.20. The number of Topliss-reactive ketones (excluding diaryl/α,β-unsaturated/α-hetero) is 1. The Labute approximate surface area is 228 Å². The van der Waals surface area contributed by atoms with Crippen LogP contribution in [-0.2, 0) is 20.8 Å². The molecule has 0 unspecified atom stereocenters. The first kappa shape index (κ1) is 27.9. The van der Waals surface area contributed by atoms with E-state index in [2.05, 4.69) is 10.3 Å². The number of amides is 2. The first-order valence-corrected chi connectivity index (χ1v) is 13.2. The van der Waals surface area contributed by atoms with Crippen LogP contribution in [0.1, 0.15) is 50.4 Å². The number of rotatable bonds is 10. The zero-order valence-corrected chi connectivity index (χ0v) is 22.6. The third kappa shape index (κ3) is 6.12. The van der Waals surface area contributed by atoms with Crippen LogP contribution < -0.4 is 10.2 Å². The summed E-state index contributed by atoms with van der Waals surface area (Å²) in [6.45, 7) is 4.98. The number of nitrogens with zero attached hydrogens (tertiary/aromatic N) is 3. The van der Waals surface area contributed by atoms with E-state index in [0.717, 1.165) is 12.0 Å². The van der Waals surface area contributed by atoms with E-state index in [1.807, 2.05) is 50.2 Å². The quantitative estimate of drug-likeness (QED) is 0.411. The van der Waals surface area contributed by atoms with Gasteiger partial charge in [-0.05, 0) is 48.7 Å². The van der Waals surface area contributed by atoms with Gasteiger partial charge in [-0.1, -0.05) is 57.2 Å². The van der Waals surface area contributed by atoms with Crippen molar-refractivity contribution in [2.45, 2.75) is 46.1 Å². The maximum Gasteiger partial charge on any atom is 0.252 e. The molecule has 1 aromatic heterocycles. The molecule has 2 N–H and O–H groups in total. The highest BCUT2D eigenvalue weighted by atomic mass is 16.3. The second-order valence-electron chi connectivity index (χ2n) is 9.95. The van der Waals surface area contributed by atoms with Crippen LogP contribution >= 0.6 is 0 Å². The summed E-state index contributed by atoms with van der Waals surface area (Å²) in [5.41, 5.74) is 2.90. The Morgan fingerprint density at radius 3 is 2.51 bits per heavy atom. The number of aliphatic imine (C=N–C) groups is 1. The Kier molecular flexibility index (Phi) is 8.66. The maximum atomic E-state index is 14.0. The Hall–Kier alpha value is -4.17. The number of aromatic nitrogens is 1. The highest BCUT2D eigenvalue weighted by Gasteiger charge is 2.38. The summed E-state index contributed by atoms with van der Waals surface area (Å²) in [5, 5.41) is 12.8. The third-order valence-electron chi connectivity index (χ3n) is 7.30. The number of aliphatic hydroxyl groups is 1. The first-order valence-electron chi connectivity index (χ1n) is 13.2. The first-order chi connectivity index (χ1) is 18.8. The van der Waals surface area contributed by atoms with E-state index < -0.39 is 17.4 Å². The van der Waals surface area contributed by atoms with Crippen molar-refractivity contribution >= 4 is 34.7 Å². The lowest BCUT2D eigenvalue weighted by molar-refractivity contribution is -0.131. The zero-order chi connectivity index (χ0) is 28.0. The number of para-hydroxylation sites is 1. The smallest absolute Gasteiger partial charge is 0.252 e. The molecule has 2 heterocycles. The predicted molar refractivity (Wildman–Crippen MR) is 152 cm³/mol. The molecule has 2 amide bonds. The number of nitrogens with one attached hydrogen (secondary N) is 1. The zero-order valence-electron chi connectivity index (χ0n) is 22.6. The SMILES string of the molecule is CCc1cccc(NC(=O)C[C@@H]2N=C(c3ccccn3)c3ccccc3N(CC(=O)[C@](C)(CC)CO)C2=O)c1. The monoisotopic (exact) mass is 526 g/mol. The van der Waals surface area contributed by atoms with Gasteiger partial charge in [0.2, 0.25) is 5.91 Å². The fraction of sp³-hybridized carbons (Fsp3) is 0.323. The van der Waals surface area contributed by atoms with Crippen LogP contribution in [0.25, 0.3) is 0 Å². The lowest BCUT2D eigenvalue weighted by atomic mass is 9.83. The van der Waals surface area contributed by atoms with Crippen molar-refractivity contribution in [1.29, 1.82) is 0 Å². The molecule has 8 heteroatoms. The Morgan fingerprint density at radius 2 is 1.82 bits per heavy atom. The largest absolute Gasteiger partial charge is 0.395 e. The van der Waals surface area contributed by atoms with E-state index in [0.29, 0.717) is 34.8 Å². The minimum Gasteiger partial charge on any atom is -0.395 e. The molecule has 0 saturated carbocycles. The van der Waals surface area contributed by atoms with Crippen molar-refractivity contribution in [2.24, 2.45) is 10.4 Å². The number of benzene rings is 2. The van der Waals surface area contributed by atoms with Gasteiger partial charge in [0.05, 0.1) is 42.1 Å². The van der Waals surface area contributed by atoms with Crippen LogP contribution in [0.3, 0.4) is 0 Å². The van der Waals surface area contributed by atoms with Gasteiger partial charge in [0.15, 0.2) is 5.78 Å². The lowest BCUT2D eigenvalue weighted by Gasteiger charge is -2.30. The molecule has 0 saturated heterocycles. The lowest BCUT2D eigenvalue weighted by Crippen LogP contribution is -2.46. The van der Waals surface area contributed by atoms with E-state index in [-0.39, 0.29) is 31.3 Å². The van der Waals surface area contributed by atoms with E-state index in [1.54, 1.807) is 43.5 Å². The molecule has 8 nitrogen and oxygen atoms in total. The molecule has 202 valence electrons. The average molecular weight is 527 g/mol. The van der Waals surface area contributed by atoms with Crippen LogP contribution in [0.15, 0.2) is 77.9 Å². The molecular weight excluding hydrogens is 492 g/mol. The molecule has 0 fully saturated rings. The van der Waals surface area contributed by atoms with Crippen LogP contribution in [-0.4, -0.2) is 52.6 Å². The van der Waals surface area contributed by atoms with Gasteiger partial charge in [-0.2, -0.15) is 0 Å². The van der Waals surface area contributed by atoms with Gasteiger partial charge in [0, 0.05) is 17.4 Å². The number of carbonyl (C=O) groups is 3. The molecule has 4 rings (SSSR count). The van der Waals surface area contributed by atoms with Crippen molar-refractivity contribution in [2.75, 3.05) is 23.4 Å². The van der Waals surface area contributed by atoms with Gasteiger partial charge in [-0.25, -0.2) is 0 Å². The number of carbonyl (C=O) groups excluding carboxylic acids is 3. The molecule has 0 radical (unpaired) electrons. The van der Waals surface area contributed by atoms with E-state index in [9.17, 15) is 19.5 Å². The standard InChI is InChI=1S/C31H34N4O4/c1-4-21-11-10-12-22(17-21)33-28(38)18-25-30(39)35(19-27(37)31(3,5-2)20-36)26-15-7-6-13-23(26)29(34-25)24-14-8-9-16-32-24/h6-17,25,36H,4-5,18-20H2,1-3H3,(H,33,38)/t25-,31+/m0/s1. The molecule has 1 aliphatic rings. The second kappa shape index (κ2) is 12.1. The summed E-state index contributed by atoms with van der Waals surface area (Å²) < 4.78 is 0. The Bertz CT molecular complexity index is 1380. The van der Waals surface area contributed by atoms with Gasteiger partial charge in [0.1, 0.15) is 6.04 Å². The topological polar surface area (TPSA) is 112 Å². The molecule has 2 aromatic carbocycles. The molecule has 0 aliphatic carbocycles. The van der Waals surface area contributed by atoms with E-state index in [4.69, 9.17) is 4.99 Å². The number of fused-ring (bicyclic) bond motifs is 1. The van der Waals surface area contributed by atoms with Gasteiger partial charge >= 0.3 is 0 Å². The van der Waals surface area contributed by atoms with E-state index >= 15 is 0 Å². The number of hydrogen-bond acceptors (Lipinski definition) is 6. The van der Waals surface area contributed by atoms with Crippen molar-refractivity contribution in [1.82, 2.24) is 4.98 Å². The minimum atomic E-state index is -1.08. The molecule has 0 bridgehead atoms. The summed E-state index contributed by atoms with van der Waals surface area (Å²) in [5.74, 6) is -1.09. The third-order valence-corrected chi connectivity index (χ3v) is 7.30. The summed E-state index contributed by atoms with van der Waals surface area (Å²) in [4.78, 5) is 51.2. The van der Waals surface area contributed by atoms with Gasteiger partial charge in [0.25, 0.3) is 5.91 Å². The summed E-state index contributed by atoms with van der Waals surface area (Å²) in [6.07, 6.45) is 2.68. The van der Waals surface area contributed by atoms with Crippen LogP contribution in [0.2, 0.25) is 0 Å². The Balaban J connectivity index is 1.74. The number of anilines is 2. The van der Waals surface area contributed by atoms with Crippen LogP contribution in [0, 0.1) is 5.41 Å². The van der Waals surface area contributed by atoms with Gasteiger partial charge in [-0.3, -0.25) is 24.4 Å². The molecular formula is C31H34N4O4. The van der Waals surface area contributed by atoms with Crippen LogP contribution in [0.5, 0.6) is 0 Å². The maximum absolute atomic E-state index is 14.0. The number of benzodiazepines with no additional fused rings is 1. The Morgan fingerprint density at radius 1 is 1.05 bits per heavy atom. The second-order valence-corrected chi connectivity index (χ2v) is 9.95. The fourth-order valence-corrected chi connectivity index (χ4v) is 4.48. The predicted octanol–water partition coefficient (Wildman–Crippen LogP) is 4.20. The van der Waals surface area contributed by atoms with E-state index in [1.165, 1.54) is 4.90 Å². The van der Waals surface area contributed by atoms with Crippen molar-refractivity contribution in [3.63, 3.8) is 0 Å². The number of aryl methyl sites for hydroxylation is 1. The van der Waals surface area contributed by atoms with Crippen molar-refractivity contribution in [3.8, 4) is 0 Å². The van der Waals surface area contributed by atoms with Crippen molar-refractivity contribution < 1.29 is 19.5 Å². The van der Waals surface area contributed by atoms with Crippen molar-refractivity contribution in [3.05, 3.63) is 89.7 Å². The fourth-order valence-electron chi connectivity index (χ4n) is 4.48. The summed E-state index contributed by atoms with van der Waals surface area (Å²) >= 11 is 0. The summed E-state index contributed by atoms with van der Waals surface area (Å²) in [6, 6.07) is 19.1. The molecule has 0 spiro atoms. The highest BCUT2D eigenvalue weighted by Crippen LogP contribution is 2.31. The summed E-state index contributed by atoms with van der Waals surface area (Å²) in [7, 11) is 0. The number of hydrogen-bond donors (Lipinski definition) is 2. The number of pyridine rings is 1. The normalized spacial score (nSPS) is 16.5.